The minimum absolute atomic E-state index is 0.0316. The van der Waals surface area contributed by atoms with Crippen LogP contribution in [0.3, 0.4) is 0 Å². The van der Waals surface area contributed by atoms with Crippen LogP contribution in [0.5, 0.6) is 0 Å². The van der Waals surface area contributed by atoms with Crippen molar-refractivity contribution < 1.29 is 22.7 Å². The Hall–Kier alpha value is -3.36. The molecule has 0 atom stereocenters. The highest BCUT2D eigenvalue weighted by atomic mass is 35.5. The number of nitrogens with one attached hydrogen (secondary N) is 1. The van der Waals surface area contributed by atoms with Crippen LogP contribution in [0.25, 0.3) is 0 Å². The highest BCUT2D eigenvalue weighted by Gasteiger charge is 2.29. The summed E-state index contributed by atoms with van der Waals surface area (Å²) in [5, 5.41) is 3.00. The van der Waals surface area contributed by atoms with Crippen LogP contribution in [0.2, 0.25) is 5.02 Å². The molecule has 0 radical (unpaired) electrons. The zero-order valence-corrected chi connectivity index (χ0v) is 19.7. The van der Waals surface area contributed by atoms with E-state index in [4.69, 9.17) is 16.3 Å². The van der Waals surface area contributed by atoms with Crippen molar-refractivity contribution in [1.82, 2.24) is 0 Å². The molecule has 1 amide bonds. The first-order chi connectivity index (χ1) is 15.8. The summed E-state index contributed by atoms with van der Waals surface area (Å²) in [7, 11) is -4.09. The van der Waals surface area contributed by atoms with Crippen LogP contribution in [-0.4, -0.2) is 33.4 Å². The van der Waals surface area contributed by atoms with Crippen LogP contribution in [0.15, 0.2) is 77.7 Å². The van der Waals surface area contributed by atoms with Gasteiger partial charge in [0.05, 0.1) is 28.4 Å². The zero-order chi connectivity index (χ0) is 24.0. The normalized spacial score (nSPS) is 11.0. The lowest BCUT2D eigenvalue weighted by atomic mass is 10.1. The molecule has 33 heavy (non-hydrogen) atoms. The third-order valence-corrected chi connectivity index (χ3v) is 7.01. The Bertz CT molecular complexity index is 1260. The van der Waals surface area contributed by atoms with Gasteiger partial charge in [0, 0.05) is 5.02 Å². The van der Waals surface area contributed by atoms with Crippen molar-refractivity contribution in [1.29, 1.82) is 0 Å². The van der Waals surface area contributed by atoms with Crippen molar-refractivity contribution in [2.45, 2.75) is 18.7 Å². The molecule has 0 aliphatic heterocycles. The Morgan fingerprint density at radius 2 is 1.64 bits per heavy atom. The van der Waals surface area contributed by atoms with Crippen LogP contribution in [0, 0.1) is 6.92 Å². The van der Waals surface area contributed by atoms with E-state index in [9.17, 15) is 18.0 Å². The fraction of sp³-hybridized carbons (Fsp3) is 0.167. The zero-order valence-electron chi connectivity index (χ0n) is 18.1. The number of nitrogens with zero attached hydrogens (tertiary/aromatic N) is 1. The van der Waals surface area contributed by atoms with Crippen LogP contribution in [-0.2, 0) is 19.6 Å². The summed E-state index contributed by atoms with van der Waals surface area (Å²) in [6.45, 7) is 3.01. The second kappa shape index (κ2) is 10.5. The van der Waals surface area contributed by atoms with Crippen LogP contribution < -0.4 is 9.62 Å². The summed E-state index contributed by atoms with van der Waals surface area (Å²) in [5.41, 5.74) is 1.18. The molecule has 9 heteroatoms. The highest BCUT2D eigenvalue weighted by Crippen LogP contribution is 2.31. The van der Waals surface area contributed by atoms with Crippen molar-refractivity contribution >= 4 is 44.9 Å². The Labute approximate surface area is 198 Å². The van der Waals surface area contributed by atoms with E-state index < -0.39 is 28.4 Å². The Morgan fingerprint density at radius 1 is 0.970 bits per heavy atom. The van der Waals surface area contributed by atoms with E-state index in [0.29, 0.717) is 10.6 Å². The number of benzene rings is 3. The lowest BCUT2D eigenvalue weighted by Gasteiger charge is -2.26. The fourth-order valence-corrected chi connectivity index (χ4v) is 4.85. The second-order valence-electron chi connectivity index (χ2n) is 7.02. The van der Waals surface area contributed by atoms with Crippen molar-refractivity contribution in [3.8, 4) is 0 Å². The summed E-state index contributed by atoms with van der Waals surface area (Å²) in [6, 6.07) is 19.0. The van der Waals surface area contributed by atoms with Crippen LogP contribution in [0.4, 0.5) is 11.4 Å². The van der Waals surface area contributed by atoms with Crippen molar-refractivity contribution in [2.24, 2.45) is 0 Å². The first kappa shape index (κ1) is 24.3. The fourth-order valence-electron chi connectivity index (χ4n) is 3.18. The molecule has 0 spiro atoms. The van der Waals surface area contributed by atoms with Crippen LogP contribution >= 0.6 is 11.6 Å². The second-order valence-corrected chi connectivity index (χ2v) is 9.29. The molecule has 0 fully saturated rings. The average Bonchev–Trinajstić information content (AvgIpc) is 2.80. The van der Waals surface area contributed by atoms with Gasteiger partial charge in [0.15, 0.2) is 0 Å². The molecule has 0 aliphatic carbocycles. The summed E-state index contributed by atoms with van der Waals surface area (Å²) in [4.78, 5) is 25.3. The molecular weight excluding hydrogens is 464 g/mol. The van der Waals surface area contributed by atoms with Gasteiger partial charge in [-0.05, 0) is 55.8 Å². The van der Waals surface area contributed by atoms with E-state index in [1.54, 1.807) is 68.4 Å². The number of ether oxygens (including phenoxy) is 1. The lowest BCUT2D eigenvalue weighted by molar-refractivity contribution is -0.114. The predicted molar refractivity (Wildman–Crippen MR) is 128 cm³/mol. The van der Waals surface area contributed by atoms with Gasteiger partial charge in [0.25, 0.3) is 10.0 Å². The maximum absolute atomic E-state index is 13.5. The molecule has 0 saturated carbocycles. The first-order valence-corrected chi connectivity index (χ1v) is 12.0. The number of carbonyl (C=O) groups is 2. The SMILES string of the molecule is CCOC(=O)c1ccccc1NC(=O)CN(c1cccc(Cl)c1C)S(=O)(=O)c1ccccc1. The molecule has 0 saturated heterocycles. The Balaban J connectivity index is 1.98. The number of rotatable bonds is 8. The van der Waals surface area contributed by atoms with Gasteiger partial charge in [0.2, 0.25) is 5.91 Å². The summed E-state index contributed by atoms with van der Waals surface area (Å²) in [5.74, 6) is -1.22. The van der Waals surface area contributed by atoms with Gasteiger partial charge in [-0.2, -0.15) is 0 Å². The van der Waals surface area contributed by atoms with E-state index in [1.165, 1.54) is 18.2 Å². The molecular formula is C24H23ClN2O5S. The number of carbonyl (C=O) groups excluding carboxylic acids is 2. The molecule has 3 rings (SSSR count). The number of halogens is 1. The van der Waals surface area contributed by atoms with E-state index in [2.05, 4.69) is 5.32 Å². The number of sulfonamides is 1. The number of amides is 1. The van der Waals surface area contributed by atoms with Gasteiger partial charge in [0.1, 0.15) is 6.54 Å². The summed E-state index contributed by atoms with van der Waals surface area (Å²) >= 11 is 6.23. The van der Waals surface area contributed by atoms with Gasteiger partial charge >= 0.3 is 5.97 Å². The van der Waals surface area contributed by atoms with Crippen molar-refractivity contribution in [3.05, 3.63) is 88.9 Å². The number of para-hydroxylation sites is 1. The smallest absolute Gasteiger partial charge is 0.340 e. The maximum Gasteiger partial charge on any atom is 0.340 e. The van der Waals surface area contributed by atoms with Crippen LogP contribution in [0.1, 0.15) is 22.8 Å². The molecule has 1 N–H and O–H groups in total. The molecule has 3 aromatic rings. The van der Waals surface area contributed by atoms with Gasteiger partial charge in [-0.1, -0.05) is 48.0 Å². The Morgan fingerprint density at radius 3 is 2.33 bits per heavy atom. The molecule has 172 valence electrons. The minimum atomic E-state index is -4.09. The standard InChI is InChI=1S/C24H23ClN2O5S/c1-3-32-24(29)19-12-7-8-14-21(19)26-23(28)16-27(22-15-9-13-20(25)17(22)2)33(30,31)18-10-5-4-6-11-18/h4-15H,3,16H2,1-2H3,(H,26,28). The molecule has 0 aliphatic rings. The first-order valence-electron chi connectivity index (χ1n) is 10.1. The Kier molecular flexibility index (Phi) is 7.73. The predicted octanol–water partition coefficient (Wildman–Crippen LogP) is 4.66. The number of hydrogen-bond donors (Lipinski definition) is 1. The highest BCUT2D eigenvalue weighted by molar-refractivity contribution is 7.92. The summed E-state index contributed by atoms with van der Waals surface area (Å²) < 4.78 is 33.0. The molecule has 0 bridgehead atoms. The molecule has 0 unspecified atom stereocenters. The van der Waals surface area contributed by atoms with Crippen molar-refractivity contribution in [3.63, 3.8) is 0 Å². The largest absolute Gasteiger partial charge is 0.462 e. The monoisotopic (exact) mass is 486 g/mol. The number of anilines is 2. The third-order valence-electron chi connectivity index (χ3n) is 4.82. The third kappa shape index (κ3) is 5.53. The molecule has 7 nitrogen and oxygen atoms in total. The van der Waals surface area contributed by atoms with Gasteiger partial charge in [-0.15, -0.1) is 0 Å². The number of hydrogen-bond acceptors (Lipinski definition) is 5. The van der Waals surface area contributed by atoms with E-state index in [0.717, 1.165) is 4.31 Å². The maximum atomic E-state index is 13.5. The quantitative estimate of drug-likeness (QED) is 0.467. The topological polar surface area (TPSA) is 92.8 Å². The molecule has 0 aromatic heterocycles. The van der Waals surface area contributed by atoms with Gasteiger partial charge < -0.3 is 10.1 Å². The summed E-state index contributed by atoms with van der Waals surface area (Å²) in [6.07, 6.45) is 0. The van der Waals surface area contributed by atoms with E-state index >= 15 is 0 Å². The van der Waals surface area contributed by atoms with E-state index in [-0.39, 0.29) is 28.4 Å². The van der Waals surface area contributed by atoms with Gasteiger partial charge in [-0.25, -0.2) is 13.2 Å². The minimum Gasteiger partial charge on any atom is -0.462 e. The molecule has 0 heterocycles. The lowest BCUT2D eigenvalue weighted by Crippen LogP contribution is -2.38. The molecule has 3 aromatic carbocycles. The van der Waals surface area contributed by atoms with Crippen molar-refractivity contribution in [2.75, 3.05) is 22.8 Å². The van der Waals surface area contributed by atoms with E-state index in [1.807, 2.05) is 0 Å². The van der Waals surface area contributed by atoms with Gasteiger partial charge in [-0.3, -0.25) is 9.10 Å². The average molecular weight is 487 g/mol. The number of esters is 1.